The van der Waals surface area contributed by atoms with Gasteiger partial charge in [0.1, 0.15) is 6.54 Å². The Morgan fingerprint density at radius 3 is 2.94 bits per heavy atom. The molecule has 4 N–H and O–H groups in total. The Morgan fingerprint density at radius 2 is 2.19 bits per heavy atom. The minimum atomic E-state index is -0.390. The van der Waals surface area contributed by atoms with E-state index in [1.165, 1.54) is 6.21 Å². The molecule has 0 saturated carbocycles. The molecule has 0 unspecified atom stereocenters. The van der Waals surface area contributed by atoms with Crippen molar-refractivity contribution in [1.82, 2.24) is 25.3 Å². The number of nitrogens with two attached hydrogens (primary N) is 1. The van der Waals surface area contributed by atoms with Crippen LogP contribution in [0.25, 0.3) is 22.6 Å². The summed E-state index contributed by atoms with van der Waals surface area (Å²) in [7, 11) is 0. The molecule has 0 radical (unpaired) electrons. The molecule has 0 fully saturated rings. The van der Waals surface area contributed by atoms with Gasteiger partial charge in [0.25, 0.3) is 5.91 Å². The zero-order valence-electron chi connectivity index (χ0n) is 16.8. The second-order valence-corrected chi connectivity index (χ2v) is 7.75. The number of aromatic hydroxyl groups is 1. The molecule has 0 saturated heterocycles. The number of fused-ring (bicyclic) bond motifs is 1. The predicted molar refractivity (Wildman–Crippen MR) is 125 cm³/mol. The van der Waals surface area contributed by atoms with Gasteiger partial charge in [-0.15, -0.1) is 0 Å². The molecule has 4 rings (SSSR count). The Hall–Kier alpha value is -3.68. The van der Waals surface area contributed by atoms with Crippen LogP contribution in [0.4, 0.5) is 5.82 Å². The Labute approximate surface area is 195 Å². The first-order valence-electron chi connectivity index (χ1n) is 9.48. The normalized spacial score (nSPS) is 11.3. The van der Waals surface area contributed by atoms with Crippen LogP contribution >= 0.6 is 22.6 Å². The van der Waals surface area contributed by atoms with Crippen molar-refractivity contribution in [2.45, 2.75) is 13.5 Å². The maximum atomic E-state index is 12.6. The number of benzene rings is 2. The lowest BCUT2D eigenvalue weighted by atomic mass is 10.2. The van der Waals surface area contributed by atoms with E-state index in [4.69, 9.17) is 10.5 Å². The molecule has 2 aromatic carbocycles. The molecule has 0 bridgehead atoms. The number of aromatic nitrogens is 4. The molecule has 2 heterocycles. The smallest absolute Gasteiger partial charge is 0.260 e. The van der Waals surface area contributed by atoms with E-state index in [-0.39, 0.29) is 29.7 Å². The third-order valence-electron chi connectivity index (χ3n) is 4.44. The average Bonchev–Trinajstić information content (AvgIpc) is 3.35. The Balaban J connectivity index is 1.55. The Bertz CT molecular complexity index is 1310. The first-order chi connectivity index (χ1) is 15.5. The number of nitrogens with zero attached hydrogens (tertiary/aromatic N) is 5. The zero-order chi connectivity index (χ0) is 22.7. The molecule has 4 aromatic rings. The first kappa shape index (κ1) is 21.5. The monoisotopic (exact) mass is 547 g/mol. The number of anilines is 1. The maximum Gasteiger partial charge on any atom is 0.260 e. The van der Waals surface area contributed by atoms with Crippen LogP contribution in [-0.4, -0.2) is 43.7 Å². The van der Waals surface area contributed by atoms with Gasteiger partial charge in [0.15, 0.2) is 28.8 Å². The van der Waals surface area contributed by atoms with Gasteiger partial charge in [0, 0.05) is 0 Å². The number of hydrogen-bond acceptors (Lipinski definition) is 9. The summed E-state index contributed by atoms with van der Waals surface area (Å²) in [4.78, 5) is 17.1. The third-order valence-corrected chi connectivity index (χ3v) is 5.26. The molecule has 164 valence electrons. The largest absolute Gasteiger partial charge is 0.504 e. The van der Waals surface area contributed by atoms with Gasteiger partial charge in [-0.1, -0.05) is 12.1 Å². The molecule has 0 aliphatic carbocycles. The van der Waals surface area contributed by atoms with E-state index in [1.807, 2.05) is 53.8 Å². The predicted octanol–water partition coefficient (Wildman–Crippen LogP) is 2.53. The molecule has 12 heteroatoms. The number of rotatable bonds is 7. The van der Waals surface area contributed by atoms with E-state index in [0.29, 0.717) is 32.8 Å². The fourth-order valence-corrected chi connectivity index (χ4v) is 3.68. The van der Waals surface area contributed by atoms with Gasteiger partial charge >= 0.3 is 0 Å². The number of nitrogen functional groups attached to an aromatic ring is 1. The fraction of sp³-hybridized carbons (Fsp3) is 0.150. The number of hydrogen-bond donors (Lipinski definition) is 3. The van der Waals surface area contributed by atoms with Crippen molar-refractivity contribution in [3.63, 3.8) is 0 Å². The van der Waals surface area contributed by atoms with Gasteiger partial charge in [-0.25, -0.2) is 15.0 Å². The highest BCUT2D eigenvalue weighted by Gasteiger charge is 2.20. The Kier molecular flexibility index (Phi) is 6.20. The molecule has 0 atom stereocenters. The van der Waals surface area contributed by atoms with Gasteiger partial charge in [-0.2, -0.15) is 5.10 Å². The summed E-state index contributed by atoms with van der Waals surface area (Å²) in [6, 6.07) is 10.7. The van der Waals surface area contributed by atoms with E-state index in [0.717, 1.165) is 5.52 Å². The quantitative estimate of drug-likeness (QED) is 0.181. The van der Waals surface area contributed by atoms with Crippen molar-refractivity contribution in [3.8, 4) is 23.0 Å². The van der Waals surface area contributed by atoms with Crippen LogP contribution in [-0.2, 0) is 11.3 Å². The molecule has 0 aliphatic rings. The summed E-state index contributed by atoms with van der Waals surface area (Å²) >= 11 is 2.00. The molecule has 1 amide bonds. The molecular weight excluding hydrogens is 529 g/mol. The number of nitrogens with one attached hydrogen (secondary N) is 1. The van der Waals surface area contributed by atoms with Gasteiger partial charge in [0.2, 0.25) is 0 Å². The second kappa shape index (κ2) is 9.21. The molecule has 0 spiro atoms. The van der Waals surface area contributed by atoms with Crippen molar-refractivity contribution < 1.29 is 19.3 Å². The highest BCUT2D eigenvalue weighted by atomic mass is 127. The van der Waals surface area contributed by atoms with E-state index in [2.05, 4.69) is 30.5 Å². The van der Waals surface area contributed by atoms with Crippen molar-refractivity contribution in [3.05, 3.63) is 45.5 Å². The summed E-state index contributed by atoms with van der Waals surface area (Å²) in [6.45, 7) is 2.15. The van der Waals surface area contributed by atoms with Crippen molar-refractivity contribution >= 4 is 51.6 Å². The van der Waals surface area contributed by atoms with E-state index >= 15 is 0 Å². The third kappa shape index (κ3) is 4.34. The highest BCUT2D eigenvalue weighted by molar-refractivity contribution is 14.1. The summed E-state index contributed by atoms with van der Waals surface area (Å²) in [5.41, 5.74) is 10.6. The van der Waals surface area contributed by atoms with Gasteiger partial charge in [0.05, 0.1) is 27.4 Å². The van der Waals surface area contributed by atoms with Crippen molar-refractivity contribution in [1.29, 1.82) is 0 Å². The van der Waals surface area contributed by atoms with E-state index < -0.39 is 0 Å². The number of carbonyl (C=O) groups is 1. The van der Waals surface area contributed by atoms with Crippen LogP contribution in [0.2, 0.25) is 0 Å². The summed E-state index contributed by atoms with van der Waals surface area (Å²) in [6.07, 6.45) is 1.47. The molecule has 2 aromatic heterocycles. The van der Waals surface area contributed by atoms with Gasteiger partial charge in [-0.05, 0) is 69.7 Å². The van der Waals surface area contributed by atoms with E-state index in [1.54, 1.807) is 16.7 Å². The first-order valence-corrected chi connectivity index (χ1v) is 10.6. The lowest BCUT2D eigenvalue weighted by Crippen LogP contribution is -2.23. The van der Waals surface area contributed by atoms with Crippen LogP contribution < -0.4 is 15.9 Å². The number of hydrazone groups is 1. The Morgan fingerprint density at radius 1 is 1.38 bits per heavy atom. The highest BCUT2D eigenvalue weighted by Crippen LogP contribution is 2.32. The zero-order valence-corrected chi connectivity index (χ0v) is 19.0. The van der Waals surface area contributed by atoms with Crippen molar-refractivity contribution in [2.24, 2.45) is 5.10 Å². The number of phenolic OH excluding ortho intramolecular Hbond substituents is 1. The number of phenols is 1. The fourth-order valence-electron chi connectivity index (χ4n) is 3.06. The van der Waals surface area contributed by atoms with Gasteiger partial charge < -0.3 is 20.1 Å². The standard InChI is InChI=1S/C20H18IN7O4/c1-2-31-15-8-11(7-12(21)18(15)30)9-23-25-16(29)10-28-14-6-4-3-5-13(14)24-20(28)17-19(22)27-32-26-17/h3-9,30H,2,10H2,1H3,(H2,22,27)(H,25,29)/b23-9-. The number of imidazole rings is 1. The number of amides is 1. The van der Waals surface area contributed by atoms with E-state index in [9.17, 15) is 9.90 Å². The maximum absolute atomic E-state index is 12.6. The summed E-state index contributed by atoms with van der Waals surface area (Å²) in [5, 5.41) is 21.4. The molecule has 32 heavy (non-hydrogen) atoms. The summed E-state index contributed by atoms with van der Waals surface area (Å²) in [5.74, 6) is 0.458. The van der Waals surface area contributed by atoms with Crippen LogP contribution in [0.5, 0.6) is 11.5 Å². The molecule has 0 aliphatic heterocycles. The van der Waals surface area contributed by atoms with Crippen molar-refractivity contribution in [2.75, 3.05) is 12.3 Å². The number of halogens is 1. The number of carbonyl (C=O) groups excluding carboxylic acids is 1. The number of para-hydroxylation sites is 2. The minimum Gasteiger partial charge on any atom is -0.504 e. The molecular formula is C20H18IN7O4. The van der Waals surface area contributed by atoms with Crippen LogP contribution in [0.15, 0.2) is 46.1 Å². The lowest BCUT2D eigenvalue weighted by molar-refractivity contribution is -0.121. The SMILES string of the molecule is CCOc1cc(/C=N\NC(=O)Cn2c(-c3nonc3N)nc3ccccc32)cc(I)c1O. The van der Waals surface area contributed by atoms with Gasteiger partial charge in [-0.3, -0.25) is 4.79 Å². The van der Waals surface area contributed by atoms with Crippen LogP contribution in [0.3, 0.4) is 0 Å². The van der Waals surface area contributed by atoms with Crippen LogP contribution in [0, 0.1) is 3.57 Å². The molecule has 11 nitrogen and oxygen atoms in total. The van der Waals surface area contributed by atoms with Crippen LogP contribution in [0.1, 0.15) is 12.5 Å². The minimum absolute atomic E-state index is 0.0646. The summed E-state index contributed by atoms with van der Waals surface area (Å²) < 4.78 is 12.4. The topological polar surface area (TPSA) is 154 Å². The lowest BCUT2D eigenvalue weighted by Gasteiger charge is -2.08. The number of ether oxygens (including phenoxy) is 1. The average molecular weight is 547 g/mol. The second-order valence-electron chi connectivity index (χ2n) is 6.58.